The summed E-state index contributed by atoms with van der Waals surface area (Å²) in [5, 5.41) is 3.43. The van der Waals surface area contributed by atoms with E-state index >= 15 is 0 Å². The number of carbonyl (C=O) groups is 2. The van der Waals surface area contributed by atoms with E-state index in [4.69, 9.17) is 11.6 Å². The van der Waals surface area contributed by atoms with E-state index in [2.05, 4.69) is 5.32 Å². The number of nitrogens with zero attached hydrogens (tertiary/aromatic N) is 2. The number of hydrogen-bond acceptors (Lipinski definition) is 4. The van der Waals surface area contributed by atoms with Crippen molar-refractivity contribution in [2.75, 3.05) is 31.5 Å². The Morgan fingerprint density at radius 1 is 0.941 bits per heavy atom. The fraction of sp³-hybridized carbons (Fsp3) is 0.440. The van der Waals surface area contributed by atoms with Crippen molar-refractivity contribution in [3.63, 3.8) is 0 Å². The number of sulfonamides is 1. The lowest BCUT2D eigenvalue weighted by Crippen LogP contribution is -2.42. The first-order valence-corrected chi connectivity index (χ1v) is 13.7. The molecule has 2 aromatic carbocycles. The van der Waals surface area contributed by atoms with Gasteiger partial charge in [-0.05, 0) is 61.9 Å². The Balaban J connectivity index is 1.36. The number of nitrogens with one attached hydrogen (secondary N) is 1. The summed E-state index contributed by atoms with van der Waals surface area (Å²) in [6.45, 7) is 2.05. The highest BCUT2D eigenvalue weighted by molar-refractivity contribution is 7.88. The molecule has 2 heterocycles. The van der Waals surface area contributed by atoms with Gasteiger partial charge in [-0.3, -0.25) is 9.59 Å². The Morgan fingerprint density at radius 3 is 2.35 bits per heavy atom. The van der Waals surface area contributed by atoms with E-state index in [1.165, 1.54) is 4.31 Å². The van der Waals surface area contributed by atoms with Gasteiger partial charge >= 0.3 is 0 Å². The van der Waals surface area contributed by atoms with E-state index in [0.717, 1.165) is 32.4 Å². The Bertz CT molecular complexity index is 1140. The van der Waals surface area contributed by atoms with Crippen LogP contribution in [-0.2, 0) is 20.6 Å². The molecule has 7 nitrogen and oxygen atoms in total. The summed E-state index contributed by atoms with van der Waals surface area (Å²) in [7, 11) is -3.50. The van der Waals surface area contributed by atoms with Gasteiger partial charge in [-0.2, -0.15) is 0 Å². The summed E-state index contributed by atoms with van der Waals surface area (Å²) < 4.78 is 27.1. The van der Waals surface area contributed by atoms with E-state index in [0.29, 0.717) is 34.7 Å². The van der Waals surface area contributed by atoms with Crippen molar-refractivity contribution in [2.45, 2.75) is 37.9 Å². The van der Waals surface area contributed by atoms with E-state index in [1.807, 2.05) is 4.90 Å². The minimum Gasteiger partial charge on any atom is -0.339 e. The number of carbonyl (C=O) groups excluding carboxylic acids is 2. The summed E-state index contributed by atoms with van der Waals surface area (Å²) in [5.41, 5.74) is 1.65. The lowest BCUT2D eigenvalue weighted by atomic mass is 9.97. The molecular weight excluding hydrogens is 474 g/mol. The Morgan fingerprint density at radius 2 is 1.65 bits per heavy atom. The van der Waals surface area contributed by atoms with Crippen LogP contribution in [0.4, 0.5) is 5.69 Å². The average molecular weight is 504 g/mol. The molecule has 0 bridgehead atoms. The predicted octanol–water partition coefficient (Wildman–Crippen LogP) is 4.15. The van der Waals surface area contributed by atoms with Gasteiger partial charge in [0.25, 0.3) is 5.91 Å². The Kier molecular flexibility index (Phi) is 7.91. The topological polar surface area (TPSA) is 86.8 Å². The smallest absolute Gasteiger partial charge is 0.255 e. The minimum atomic E-state index is -3.50. The molecule has 182 valence electrons. The van der Waals surface area contributed by atoms with Gasteiger partial charge in [0.2, 0.25) is 15.9 Å². The normalized spacial score (nSPS) is 18.0. The lowest BCUT2D eigenvalue weighted by Gasteiger charge is -2.31. The van der Waals surface area contributed by atoms with Crippen molar-refractivity contribution >= 4 is 39.1 Å². The van der Waals surface area contributed by atoms with Gasteiger partial charge in [-0.15, -0.1) is 0 Å². The SMILES string of the molecule is O=C(Nc1ccccc1C(=O)N1CCCCC1)C1CCN(S(=O)(=O)Cc2cccc(Cl)c2)CC1. The van der Waals surface area contributed by atoms with Crippen LogP contribution >= 0.6 is 11.6 Å². The highest BCUT2D eigenvalue weighted by Gasteiger charge is 2.32. The summed E-state index contributed by atoms with van der Waals surface area (Å²) in [6, 6.07) is 13.9. The van der Waals surface area contributed by atoms with Gasteiger partial charge in [0, 0.05) is 37.1 Å². The Hall–Kier alpha value is -2.42. The highest BCUT2D eigenvalue weighted by Crippen LogP contribution is 2.25. The van der Waals surface area contributed by atoms with Crippen LogP contribution < -0.4 is 5.32 Å². The molecule has 2 amide bonds. The number of halogens is 1. The van der Waals surface area contributed by atoms with Gasteiger partial charge in [-0.1, -0.05) is 35.9 Å². The van der Waals surface area contributed by atoms with Gasteiger partial charge in [0.1, 0.15) is 0 Å². The molecular formula is C25H30ClN3O4S. The van der Waals surface area contributed by atoms with Crippen LogP contribution in [-0.4, -0.2) is 55.6 Å². The first-order chi connectivity index (χ1) is 16.3. The monoisotopic (exact) mass is 503 g/mol. The van der Waals surface area contributed by atoms with Crippen LogP contribution in [0.2, 0.25) is 5.02 Å². The number of benzene rings is 2. The maximum Gasteiger partial charge on any atom is 0.255 e. The number of rotatable bonds is 6. The third kappa shape index (κ3) is 5.98. The fourth-order valence-electron chi connectivity index (χ4n) is 4.61. The molecule has 9 heteroatoms. The molecule has 0 saturated carbocycles. The molecule has 34 heavy (non-hydrogen) atoms. The van der Waals surface area contributed by atoms with Crippen LogP contribution in [0.1, 0.15) is 48.0 Å². The molecule has 0 radical (unpaired) electrons. The second-order valence-electron chi connectivity index (χ2n) is 8.95. The predicted molar refractivity (Wildman–Crippen MR) is 133 cm³/mol. The number of piperidine rings is 2. The standard InChI is InChI=1S/C25H30ClN3O4S/c26-21-8-6-7-19(17-21)18-34(32,33)29-15-11-20(12-16-29)24(30)27-23-10-3-2-9-22(23)25(31)28-13-4-1-5-14-28/h2-3,6-10,17,20H,1,4-5,11-16,18H2,(H,27,30). The largest absolute Gasteiger partial charge is 0.339 e. The first kappa shape index (κ1) is 24.7. The number of likely N-dealkylation sites (tertiary alicyclic amines) is 1. The third-order valence-electron chi connectivity index (χ3n) is 6.51. The molecule has 2 aromatic rings. The zero-order chi connectivity index (χ0) is 24.1. The van der Waals surface area contributed by atoms with Crippen LogP contribution in [0.15, 0.2) is 48.5 Å². The maximum absolute atomic E-state index is 13.0. The van der Waals surface area contributed by atoms with Crippen LogP contribution in [0.3, 0.4) is 0 Å². The van der Waals surface area contributed by atoms with Gasteiger partial charge in [-0.25, -0.2) is 12.7 Å². The summed E-state index contributed by atoms with van der Waals surface area (Å²) in [4.78, 5) is 27.8. The molecule has 0 spiro atoms. The number of anilines is 1. The molecule has 0 aliphatic carbocycles. The third-order valence-corrected chi connectivity index (χ3v) is 8.60. The number of amides is 2. The molecule has 0 aromatic heterocycles. The molecule has 2 saturated heterocycles. The summed E-state index contributed by atoms with van der Waals surface area (Å²) in [6.07, 6.45) is 4.00. The average Bonchev–Trinajstić information content (AvgIpc) is 2.84. The fourth-order valence-corrected chi connectivity index (χ4v) is 6.37. The van der Waals surface area contributed by atoms with E-state index in [9.17, 15) is 18.0 Å². The van der Waals surface area contributed by atoms with Gasteiger partial charge in [0.15, 0.2) is 0 Å². The lowest BCUT2D eigenvalue weighted by molar-refractivity contribution is -0.120. The van der Waals surface area contributed by atoms with Crippen molar-refractivity contribution in [3.05, 3.63) is 64.7 Å². The van der Waals surface area contributed by atoms with Crippen LogP contribution in [0.25, 0.3) is 0 Å². The zero-order valence-corrected chi connectivity index (χ0v) is 20.7. The minimum absolute atomic E-state index is 0.0578. The summed E-state index contributed by atoms with van der Waals surface area (Å²) >= 11 is 5.98. The second-order valence-corrected chi connectivity index (χ2v) is 11.4. The van der Waals surface area contributed by atoms with Crippen LogP contribution in [0, 0.1) is 5.92 Å². The highest BCUT2D eigenvalue weighted by atomic mass is 35.5. The first-order valence-electron chi connectivity index (χ1n) is 11.7. The zero-order valence-electron chi connectivity index (χ0n) is 19.1. The second kappa shape index (κ2) is 10.9. The maximum atomic E-state index is 13.0. The van der Waals surface area contributed by atoms with Gasteiger partial charge < -0.3 is 10.2 Å². The quantitative estimate of drug-likeness (QED) is 0.641. The van der Waals surface area contributed by atoms with Crippen molar-refractivity contribution < 1.29 is 18.0 Å². The van der Waals surface area contributed by atoms with Crippen molar-refractivity contribution in [3.8, 4) is 0 Å². The van der Waals surface area contributed by atoms with Crippen molar-refractivity contribution in [1.29, 1.82) is 0 Å². The Labute approximate surface area is 206 Å². The van der Waals surface area contributed by atoms with E-state index in [1.54, 1.807) is 48.5 Å². The van der Waals surface area contributed by atoms with Crippen molar-refractivity contribution in [2.24, 2.45) is 5.92 Å². The molecule has 2 fully saturated rings. The molecule has 1 N–H and O–H groups in total. The van der Waals surface area contributed by atoms with Crippen LogP contribution in [0.5, 0.6) is 0 Å². The number of para-hydroxylation sites is 1. The van der Waals surface area contributed by atoms with E-state index < -0.39 is 10.0 Å². The molecule has 0 unspecified atom stereocenters. The van der Waals surface area contributed by atoms with E-state index in [-0.39, 0.29) is 36.6 Å². The molecule has 2 aliphatic rings. The molecule has 2 aliphatic heterocycles. The van der Waals surface area contributed by atoms with Gasteiger partial charge in [0.05, 0.1) is 17.0 Å². The molecule has 0 atom stereocenters. The van der Waals surface area contributed by atoms with Crippen molar-refractivity contribution in [1.82, 2.24) is 9.21 Å². The summed E-state index contributed by atoms with van der Waals surface area (Å²) in [5.74, 6) is -0.657. The molecule has 4 rings (SSSR count). The number of hydrogen-bond donors (Lipinski definition) is 1.